The second kappa shape index (κ2) is 7.85. The molecule has 0 saturated carbocycles. The third-order valence-electron chi connectivity index (χ3n) is 4.11. The zero-order valence-corrected chi connectivity index (χ0v) is 14.1. The van der Waals surface area contributed by atoms with E-state index >= 15 is 0 Å². The average Bonchev–Trinajstić information content (AvgIpc) is 2.51. The smallest absolute Gasteiger partial charge is 0.315 e. The van der Waals surface area contributed by atoms with Gasteiger partial charge in [-0.15, -0.1) is 0 Å². The highest BCUT2D eigenvalue weighted by molar-refractivity contribution is 5.78. The summed E-state index contributed by atoms with van der Waals surface area (Å²) in [5.41, 5.74) is 2.36. The maximum absolute atomic E-state index is 11.9. The van der Waals surface area contributed by atoms with Crippen LogP contribution < -0.4 is 15.5 Å². The highest BCUT2D eigenvalue weighted by atomic mass is 16.2. The lowest BCUT2D eigenvalue weighted by Crippen LogP contribution is -2.51. The summed E-state index contributed by atoms with van der Waals surface area (Å²) in [5, 5.41) is 5.81. The fourth-order valence-corrected chi connectivity index (χ4v) is 2.65. The predicted molar refractivity (Wildman–Crippen MR) is 91.7 cm³/mol. The molecule has 0 bridgehead atoms. The maximum Gasteiger partial charge on any atom is 0.315 e. The number of carbonyl (C=O) groups is 2. The number of benzene rings is 1. The summed E-state index contributed by atoms with van der Waals surface area (Å²) in [7, 11) is 5.79. The molecule has 0 unspecified atom stereocenters. The average molecular weight is 318 g/mol. The topological polar surface area (TPSA) is 64.7 Å². The molecule has 6 heteroatoms. The Hall–Kier alpha value is -2.24. The van der Waals surface area contributed by atoms with Crippen molar-refractivity contribution in [2.24, 2.45) is 0 Å². The van der Waals surface area contributed by atoms with E-state index in [1.54, 1.807) is 11.9 Å². The van der Waals surface area contributed by atoms with Crippen LogP contribution in [0, 0.1) is 0 Å². The van der Waals surface area contributed by atoms with E-state index in [-0.39, 0.29) is 18.0 Å². The van der Waals surface area contributed by atoms with Crippen molar-refractivity contribution >= 4 is 17.6 Å². The first-order valence-electron chi connectivity index (χ1n) is 8.00. The van der Waals surface area contributed by atoms with Crippen molar-refractivity contribution < 1.29 is 9.59 Å². The van der Waals surface area contributed by atoms with Crippen molar-refractivity contribution in [1.29, 1.82) is 0 Å². The number of piperidine rings is 1. The fraction of sp³-hybridized carbons (Fsp3) is 0.529. The summed E-state index contributed by atoms with van der Waals surface area (Å²) in [6, 6.07) is 8.18. The molecule has 0 spiro atoms. The molecular formula is C17H26N4O2. The van der Waals surface area contributed by atoms with Crippen molar-refractivity contribution in [3.63, 3.8) is 0 Å². The molecule has 1 heterocycles. The van der Waals surface area contributed by atoms with Crippen LogP contribution in [0.2, 0.25) is 0 Å². The molecule has 0 aromatic heterocycles. The number of anilines is 1. The largest absolute Gasteiger partial charge is 0.378 e. The molecule has 0 aliphatic carbocycles. The van der Waals surface area contributed by atoms with Crippen LogP contribution in [0.25, 0.3) is 0 Å². The summed E-state index contributed by atoms with van der Waals surface area (Å²) in [4.78, 5) is 27.0. The zero-order valence-electron chi connectivity index (χ0n) is 14.1. The molecule has 2 N–H and O–H groups in total. The van der Waals surface area contributed by atoms with E-state index in [9.17, 15) is 9.59 Å². The number of likely N-dealkylation sites (N-methyl/N-ethyl adjacent to an activating group) is 1. The van der Waals surface area contributed by atoms with Crippen molar-refractivity contribution in [2.45, 2.75) is 25.3 Å². The molecule has 0 radical (unpaired) electrons. The number of urea groups is 1. The number of rotatable bonds is 5. The van der Waals surface area contributed by atoms with Crippen LogP contribution in [0.1, 0.15) is 18.4 Å². The number of nitrogens with one attached hydrogen (secondary N) is 2. The van der Waals surface area contributed by atoms with Crippen LogP contribution >= 0.6 is 0 Å². The van der Waals surface area contributed by atoms with Gasteiger partial charge < -0.3 is 20.4 Å². The van der Waals surface area contributed by atoms with Gasteiger partial charge in [-0.1, -0.05) is 12.1 Å². The summed E-state index contributed by atoms with van der Waals surface area (Å²) in [6.07, 6.45) is 2.01. The Morgan fingerprint density at radius 2 is 2.00 bits per heavy atom. The Bertz CT molecular complexity index is 542. The van der Waals surface area contributed by atoms with E-state index in [2.05, 4.69) is 39.8 Å². The Kier molecular flexibility index (Phi) is 5.84. The number of likely N-dealkylation sites (tertiary alicyclic amines) is 1. The van der Waals surface area contributed by atoms with Gasteiger partial charge in [0, 0.05) is 52.4 Å². The van der Waals surface area contributed by atoms with Crippen LogP contribution in [0.3, 0.4) is 0 Å². The zero-order chi connectivity index (χ0) is 16.8. The third-order valence-corrected chi connectivity index (χ3v) is 4.11. The molecule has 1 atom stereocenters. The molecular weight excluding hydrogens is 292 g/mol. The lowest BCUT2D eigenvalue weighted by molar-refractivity contribution is -0.132. The number of hydrogen-bond acceptors (Lipinski definition) is 3. The molecule has 1 saturated heterocycles. The van der Waals surface area contributed by atoms with E-state index in [0.717, 1.165) is 12.1 Å². The van der Waals surface area contributed by atoms with Crippen LogP contribution in [0.4, 0.5) is 10.5 Å². The first-order valence-corrected chi connectivity index (χ1v) is 8.00. The molecule has 1 aliphatic heterocycles. The van der Waals surface area contributed by atoms with Gasteiger partial charge in [-0.05, 0) is 30.5 Å². The summed E-state index contributed by atoms with van der Waals surface area (Å²) in [6.45, 7) is 1.17. The third kappa shape index (κ3) is 5.16. The van der Waals surface area contributed by atoms with Gasteiger partial charge in [0.05, 0.1) is 0 Å². The van der Waals surface area contributed by atoms with E-state index in [1.807, 2.05) is 14.1 Å². The van der Waals surface area contributed by atoms with Gasteiger partial charge in [-0.3, -0.25) is 4.79 Å². The molecule has 2 rings (SSSR count). The van der Waals surface area contributed by atoms with E-state index in [0.29, 0.717) is 25.9 Å². The monoisotopic (exact) mass is 318 g/mol. The first-order chi connectivity index (χ1) is 11.0. The van der Waals surface area contributed by atoms with Crippen LogP contribution in [0.15, 0.2) is 24.3 Å². The number of nitrogens with zero attached hydrogens (tertiary/aromatic N) is 2. The van der Waals surface area contributed by atoms with Crippen molar-refractivity contribution in [1.82, 2.24) is 15.5 Å². The van der Waals surface area contributed by atoms with E-state index in [1.165, 1.54) is 5.56 Å². The summed E-state index contributed by atoms with van der Waals surface area (Å²) in [5.74, 6) is 0.143. The fourth-order valence-electron chi connectivity index (χ4n) is 2.65. The Balaban J connectivity index is 1.69. The molecule has 3 amide bonds. The number of hydrogen-bond donors (Lipinski definition) is 2. The SMILES string of the molecule is CN1C[C@H](NC(=O)NCCc2ccc(N(C)C)cc2)CCC1=O. The second-order valence-electron chi connectivity index (χ2n) is 6.22. The van der Waals surface area contributed by atoms with E-state index in [4.69, 9.17) is 0 Å². The van der Waals surface area contributed by atoms with Crippen LogP contribution in [-0.2, 0) is 11.2 Å². The highest BCUT2D eigenvalue weighted by Crippen LogP contribution is 2.12. The van der Waals surface area contributed by atoms with E-state index < -0.39 is 0 Å². The van der Waals surface area contributed by atoms with Gasteiger partial charge in [0.15, 0.2) is 0 Å². The lowest BCUT2D eigenvalue weighted by Gasteiger charge is -2.30. The maximum atomic E-state index is 11.9. The molecule has 1 aromatic rings. The second-order valence-corrected chi connectivity index (χ2v) is 6.22. The van der Waals surface area contributed by atoms with Crippen LogP contribution in [0.5, 0.6) is 0 Å². The Labute approximate surface area is 137 Å². The molecule has 6 nitrogen and oxygen atoms in total. The molecule has 126 valence electrons. The van der Waals surface area contributed by atoms with Gasteiger partial charge in [0.25, 0.3) is 0 Å². The first kappa shape index (κ1) is 17.1. The molecule has 1 aliphatic rings. The number of carbonyl (C=O) groups excluding carboxylic acids is 2. The van der Waals surface area contributed by atoms with Gasteiger partial charge in [-0.25, -0.2) is 4.79 Å². The minimum absolute atomic E-state index is 0.0390. The Morgan fingerprint density at radius 3 is 2.61 bits per heavy atom. The summed E-state index contributed by atoms with van der Waals surface area (Å²) < 4.78 is 0. The predicted octanol–water partition coefficient (Wildman–Crippen LogP) is 1.22. The van der Waals surface area contributed by atoms with Gasteiger partial charge in [0.2, 0.25) is 5.91 Å². The highest BCUT2D eigenvalue weighted by Gasteiger charge is 2.23. The molecule has 23 heavy (non-hydrogen) atoms. The Morgan fingerprint density at radius 1 is 1.30 bits per heavy atom. The van der Waals surface area contributed by atoms with Gasteiger partial charge >= 0.3 is 6.03 Å². The van der Waals surface area contributed by atoms with Gasteiger partial charge in [-0.2, -0.15) is 0 Å². The quantitative estimate of drug-likeness (QED) is 0.858. The van der Waals surface area contributed by atoms with Crippen LogP contribution in [-0.4, -0.2) is 57.1 Å². The number of amides is 3. The molecule has 1 fully saturated rings. The molecule has 1 aromatic carbocycles. The standard InChI is InChI=1S/C17H26N4O2/c1-20(2)15-7-4-13(5-8-15)10-11-18-17(23)19-14-6-9-16(22)21(3)12-14/h4-5,7-8,14H,6,9-12H2,1-3H3,(H2,18,19,23)/t14-/m1/s1. The minimum atomic E-state index is -0.164. The van der Waals surface area contributed by atoms with Crippen molar-refractivity contribution in [3.8, 4) is 0 Å². The normalized spacial score (nSPS) is 17.8. The van der Waals surface area contributed by atoms with Gasteiger partial charge in [0.1, 0.15) is 0 Å². The van der Waals surface area contributed by atoms with Crippen molar-refractivity contribution in [2.75, 3.05) is 39.1 Å². The minimum Gasteiger partial charge on any atom is -0.378 e. The lowest BCUT2D eigenvalue weighted by atomic mass is 10.1. The summed E-state index contributed by atoms with van der Waals surface area (Å²) >= 11 is 0. The van der Waals surface area contributed by atoms with Crippen molar-refractivity contribution in [3.05, 3.63) is 29.8 Å².